The van der Waals surface area contributed by atoms with Gasteiger partial charge in [-0.3, -0.25) is 4.79 Å². The van der Waals surface area contributed by atoms with Crippen LogP contribution < -0.4 is 5.32 Å². The molecule has 2 N–H and O–H groups in total. The molecule has 4 heteroatoms. The summed E-state index contributed by atoms with van der Waals surface area (Å²) in [6, 6.07) is 0.573. The molecule has 0 aromatic rings. The highest BCUT2D eigenvalue weighted by Gasteiger charge is 2.23. The second kappa shape index (κ2) is 7.85. The SMILES string of the molecule is O=C(O)CCCNC1CCCN(CC2CCCC2)C1. The smallest absolute Gasteiger partial charge is 0.303 e. The molecule has 1 aliphatic carbocycles. The topological polar surface area (TPSA) is 52.6 Å². The number of aliphatic carboxylic acids is 1. The molecule has 0 spiro atoms. The maximum absolute atomic E-state index is 10.5. The quantitative estimate of drug-likeness (QED) is 0.694. The first-order valence-electron chi connectivity index (χ1n) is 7.91. The van der Waals surface area contributed by atoms with Crippen LogP contribution in [-0.4, -0.2) is 48.2 Å². The third-order valence-corrected chi connectivity index (χ3v) is 4.50. The van der Waals surface area contributed by atoms with Gasteiger partial charge in [0.25, 0.3) is 0 Å². The molecule has 0 aromatic heterocycles. The molecular formula is C15H28N2O2. The first-order chi connectivity index (χ1) is 9.24. The summed E-state index contributed by atoms with van der Waals surface area (Å²) in [4.78, 5) is 13.1. The molecule has 1 saturated carbocycles. The molecule has 2 fully saturated rings. The zero-order valence-electron chi connectivity index (χ0n) is 11.9. The van der Waals surface area contributed by atoms with Crippen LogP contribution in [0, 0.1) is 5.92 Å². The van der Waals surface area contributed by atoms with Gasteiger partial charge in [0.2, 0.25) is 0 Å². The Kier molecular flexibility index (Phi) is 6.11. The summed E-state index contributed by atoms with van der Waals surface area (Å²) in [5.41, 5.74) is 0. The third-order valence-electron chi connectivity index (χ3n) is 4.50. The highest BCUT2D eigenvalue weighted by Crippen LogP contribution is 2.26. The van der Waals surface area contributed by atoms with Gasteiger partial charge in [-0.1, -0.05) is 12.8 Å². The van der Waals surface area contributed by atoms with E-state index in [1.54, 1.807) is 0 Å². The Morgan fingerprint density at radius 3 is 2.74 bits per heavy atom. The summed E-state index contributed by atoms with van der Waals surface area (Å²) >= 11 is 0. The van der Waals surface area contributed by atoms with Crippen LogP contribution in [0.25, 0.3) is 0 Å². The molecule has 1 saturated heterocycles. The average molecular weight is 268 g/mol. The van der Waals surface area contributed by atoms with Crippen LogP contribution in [0.5, 0.6) is 0 Å². The molecule has 1 heterocycles. The van der Waals surface area contributed by atoms with Crippen LogP contribution in [0.2, 0.25) is 0 Å². The Labute approximate surface area is 116 Å². The lowest BCUT2D eigenvalue weighted by Gasteiger charge is -2.34. The van der Waals surface area contributed by atoms with Crippen molar-refractivity contribution in [2.24, 2.45) is 5.92 Å². The zero-order valence-corrected chi connectivity index (χ0v) is 11.9. The van der Waals surface area contributed by atoms with E-state index in [0.29, 0.717) is 6.04 Å². The van der Waals surface area contributed by atoms with Gasteiger partial charge >= 0.3 is 5.97 Å². The van der Waals surface area contributed by atoms with Crippen LogP contribution >= 0.6 is 0 Å². The standard InChI is InChI=1S/C15H28N2O2/c18-15(19)8-3-9-16-14-7-4-10-17(12-14)11-13-5-1-2-6-13/h13-14,16H,1-12H2,(H,18,19). The van der Waals surface area contributed by atoms with E-state index >= 15 is 0 Å². The van der Waals surface area contributed by atoms with Crippen molar-refractivity contribution in [1.82, 2.24) is 10.2 Å². The Morgan fingerprint density at radius 1 is 1.21 bits per heavy atom. The van der Waals surface area contributed by atoms with E-state index < -0.39 is 5.97 Å². The maximum Gasteiger partial charge on any atom is 0.303 e. The number of rotatable bonds is 7. The van der Waals surface area contributed by atoms with Gasteiger partial charge in [-0.15, -0.1) is 0 Å². The summed E-state index contributed by atoms with van der Waals surface area (Å²) < 4.78 is 0. The molecule has 2 aliphatic rings. The minimum atomic E-state index is -0.687. The van der Waals surface area contributed by atoms with Crippen LogP contribution in [0.3, 0.4) is 0 Å². The molecule has 110 valence electrons. The molecule has 0 aromatic carbocycles. The highest BCUT2D eigenvalue weighted by atomic mass is 16.4. The number of nitrogens with zero attached hydrogens (tertiary/aromatic N) is 1. The fraction of sp³-hybridized carbons (Fsp3) is 0.933. The fourth-order valence-corrected chi connectivity index (χ4v) is 3.49. The van der Waals surface area contributed by atoms with E-state index in [1.165, 1.54) is 51.6 Å². The summed E-state index contributed by atoms with van der Waals surface area (Å²) in [5, 5.41) is 12.1. The largest absolute Gasteiger partial charge is 0.481 e. The fourth-order valence-electron chi connectivity index (χ4n) is 3.49. The maximum atomic E-state index is 10.5. The van der Waals surface area contributed by atoms with Gasteiger partial charge in [0, 0.05) is 25.6 Å². The molecule has 4 nitrogen and oxygen atoms in total. The molecule has 19 heavy (non-hydrogen) atoms. The van der Waals surface area contributed by atoms with Crippen LogP contribution in [0.1, 0.15) is 51.4 Å². The lowest BCUT2D eigenvalue weighted by molar-refractivity contribution is -0.137. The lowest BCUT2D eigenvalue weighted by Crippen LogP contribution is -2.47. The predicted molar refractivity (Wildman–Crippen MR) is 76.3 cm³/mol. The van der Waals surface area contributed by atoms with Crippen molar-refractivity contribution in [2.75, 3.05) is 26.2 Å². The number of nitrogens with one attached hydrogen (secondary N) is 1. The van der Waals surface area contributed by atoms with E-state index in [2.05, 4.69) is 10.2 Å². The second-order valence-electron chi connectivity index (χ2n) is 6.20. The summed E-state index contributed by atoms with van der Waals surface area (Å²) in [5.74, 6) is 0.249. The average Bonchev–Trinajstić information content (AvgIpc) is 2.88. The monoisotopic (exact) mass is 268 g/mol. The van der Waals surface area contributed by atoms with Crippen molar-refractivity contribution < 1.29 is 9.90 Å². The van der Waals surface area contributed by atoms with E-state index in [4.69, 9.17) is 5.11 Å². The minimum Gasteiger partial charge on any atom is -0.481 e. The Hall–Kier alpha value is -0.610. The van der Waals surface area contributed by atoms with Gasteiger partial charge in [0.1, 0.15) is 0 Å². The normalized spacial score (nSPS) is 25.8. The van der Waals surface area contributed by atoms with Gasteiger partial charge in [0.15, 0.2) is 0 Å². The number of likely N-dealkylation sites (tertiary alicyclic amines) is 1. The third kappa shape index (κ3) is 5.49. The van der Waals surface area contributed by atoms with Gasteiger partial charge in [-0.25, -0.2) is 0 Å². The Morgan fingerprint density at radius 2 is 2.00 bits per heavy atom. The van der Waals surface area contributed by atoms with Gasteiger partial charge in [0.05, 0.1) is 0 Å². The molecule has 0 bridgehead atoms. The lowest BCUT2D eigenvalue weighted by atomic mass is 10.0. The summed E-state index contributed by atoms with van der Waals surface area (Å²) in [6.07, 6.45) is 9.25. The van der Waals surface area contributed by atoms with E-state index in [1.807, 2.05) is 0 Å². The van der Waals surface area contributed by atoms with E-state index in [0.717, 1.165) is 25.4 Å². The minimum absolute atomic E-state index is 0.283. The van der Waals surface area contributed by atoms with Gasteiger partial charge in [-0.05, 0) is 51.1 Å². The molecule has 1 unspecified atom stereocenters. The molecule has 0 amide bonds. The Bertz CT molecular complexity index is 277. The number of carbonyl (C=O) groups is 1. The van der Waals surface area contributed by atoms with Gasteiger partial charge in [-0.2, -0.15) is 0 Å². The van der Waals surface area contributed by atoms with E-state index in [-0.39, 0.29) is 6.42 Å². The van der Waals surface area contributed by atoms with Crippen molar-refractivity contribution in [3.8, 4) is 0 Å². The number of hydrogen-bond acceptors (Lipinski definition) is 3. The molecule has 1 atom stereocenters. The zero-order chi connectivity index (χ0) is 13.5. The summed E-state index contributed by atoms with van der Waals surface area (Å²) in [7, 11) is 0. The van der Waals surface area contributed by atoms with Crippen LogP contribution in [0.15, 0.2) is 0 Å². The number of piperidine rings is 1. The van der Waals surface area contributed by atoms with Gasteiger partial charge < -0.3 is 15.3 Å². The molecular weight excluding hydrogens is 240 g/mol. The highest BCUT2D eigenvalue weighted by molar-refractivity contribution is 5.66. The first-order valence-corrected chi connectivity index (χ1v) is 7.91. The molecule has 0 radical (unpaired) electrons. The molecule has 2 rings (SSSR count). The summed E-state index contributed by atoms with van der Waals surface area (Å²) in [6.45, 7) is 4.54. The van der Waals surface area contributed by atoms with Crippen molar-refractivity contribution in [1.29, 1.82) is 0 Å². The molecule has 1 aliphatic heterocycles. The predicted octanol–water partition coefficient (Wildman–Crippen LogP) is 2.10. The number of carboxylic acids is 1. The Balaban J connectivity index is 1.61. The van der Waals surface area contributed by atoms with Crippen LogP contribution in [0.4, 0.5) is 0 Å². The first kappa shape index (κ1) is 14.8. The number of hydrogen-bond donors (Lipinski definition) is 2. The van der Waals surface area contributed by atoms with Crippen molar-refractivity contribution >= 4 is 5.97 Å². The van der Waals surface area contributed by atoms with Crippen molar-refractivity contribution in [3.05, 3.63) is 0 Å². The second-order valence-corrected chi connectivity index (χ2v) is 6.20. The van der Waals surface area contributed by atoms with Crippen molar-refractivity contribution in [3.63, 3.8) is 0 Å². The van der Waals surface area contributed by atoms with Crippen LogP contribution in [-0.2, 0) is 4.79 Å². The van der Waals surface area contributed by atoms with Crippen molar-refractivity contribution in [2.45, 2.75) is 57.4 Å². The van der Waals surface area contributed by atoms with E-state index in [9.17, 15) is 4.79 Å². The number of carboxylic acid groups (broad SMARTS) is 1.